The van der Waals surface area contributed by atoms with E-state index in [1.54, 1.807) is 0 Å². The van der Waals surface area contributed by atoms with Gasteiger partial charge in [0.05, 0.1) is 17.0 Å². The number of amides is 1. The molecule has 1 aromatic carbocycles. The normalized spacial score (nSPS) is 11.4. The second-order valence-corrected chi connectivity index (χ2v) is 5.61. The van der Waals surface area contributed by atoms with Crippen molar-refractivity contribution in [3.8, 4) is 0 Å². The van der Waals surface area contributed by atoms with E-state index in [0.29, 0.717) is 0 Å². The van der Waals surface area contributed by atoms with Gasteiger partial charge in [0.2, 0.25) is 15.7 Å². The predicted octanol–water partition coefficient (Wildman–Crippen LogP) is 1.60. The van der Waals surface area contributed by atoms with Crippen LogP contribution in [0.2, 0.25) is 0 Å². The molecule has 0 aliphatic rings. The van der Waals surface area contributed by atoms with Crippen molar-refractivity contribution in [3.05, 3.63) is 24.3 Å². The molecule has 8 heteroatoms. The molecule has 104 valence electrons. The van der Waals surface area contributed by atoms with E-state index in [1.165, 1.54) is 25.1 Å². The highest BCUT2D eigenvalue weighted by Crippen LogP contribution is 2.26. The number of nitrogens with one attached hydrogen (secondary N) is 1. The number of Topliss-reactive ketones (excluding diaryl/α,β-unsaturated/α-hetero) is 1. The van der Waals surface area contributed by atoms with Gasteiger partial charge < -0.3 is 5.32 Å². The third kappa shape index (κ3) is 3.82. The van der Waals surface area contributed by atoms with Crippen LogP contribution in [0.15, 0.2) is 29.2 Å². The summed E-state index contributed by atoms with van der Waals surface area (Å²) in [7, 11) is -4.81. The van der Waals surface area contributed by atoms with Crippen molar-refractivity contribution in [2.75, 3.05) is 5.32 Å². The summed E-state index contributed by atoms with van der Waals surface area (Å²) in [6, 6.07) is 4.78. The van der Waals surface area contributed by atoms with Gasteiger partial charge in [-0.05, 0) is 19.1 Å². The van der Waals surface area contributed by atoms with E-state index < -0.39 is 38.6 Å². The maximum absolute atomic E-state index is 12.5. The molecule has 0 radical (unpaired) electrons. The highest BCUT2D eigenvalue weighted by molar-refractivity contribution is 7.91. The molecular formula is C11H11F2NO4S. The predicted molar refractivity (Wildman–Crippen MR) is 63.6 cm³/mol. The van der Waals surface area contributed by atoms with Gasteiger partial charge in [-0.25, -0.2) is 8.42 Å². The molecule has 0 saturated heterocycles. The molecule has 0 aliphatic heterocycles. The SMILES string of the molecule is CC(=O)CC(=O)Nc1ccccc1S(=O)(=O)C(F)F. The van der Waals surface area contributed by atoms with Gasteiger partial charge >= 0.3 is 5.76 Å². The third-order valence-corrected chi connectivity index (χ3v) is 3.55. The van der Waals surface area contributed by atoms with Gasteiger partial charge in [0.25, 0.3) is 0 Å². The van der Waals surface area contributed by atoms with Crippen LogP contribution in [0, 0.1) is 0 Å². The van der Waals surface area contributed by atoms with Crippen LogP contribution in [-0.4, -0.2) is 25.9 Å². The van der Waals surface area contributed by atoms with E-state index in [9.17, 15) is 26.8 Å². The van der Waals surface area contributed by atoms with Gasteiger partial charge in [-0.2, -0.15) is 8.78 Å². The molecule has 0 atom stereocenters. The fraction of sp³-hybridized carbons (Fsp3) is 0.273. The van der Waals surface area contributed by atoms with Crippen molar-refractivity contribution < 1.29 is 26.8 Å². The van der Waals surface area contributed by atoms with Crippen LogP contribution in [0.1, 0.15) is 13.3 Å². The maximum Gasteiger partial charge on any atom is 0.341 e. The lowest BCUT2D eigenvalue weighted by atomic mass is 10.2. The number of rotatable bonds is 5. The Morgan fingerprint density at radius 2 is 1.84 bits per heavy atom. The van der Waals surface area contributed by atoms with Gasteiger partial charge in [0, 0.05) is 0 Å². The number of sulfone groups is 1. The largest absolute Gasteiger partial charge is 0.341 e. The number of alkyl halides is 2. The van der Waals surface area contributed by atoms with Gasteiger partial charge in [-0.3, -0.25) is 9.59 Å². The lowest BCUT2D eigenvalue weighted by Crippen LogP contribution is -2.19. The van der Waals surface area contributed by atoms with Crippen LogP contribution in [0.5, 0.6) is 0 Å². The van der Waals surface area contributed by atoms with Gasteiger partial charge in [0.15, 0.2) is 0 Å². The molecule has 0 fully saturated rings. The minimum atomic E-state index is -4.81. The number of anilines is 1. The summed E-state index contributed by atoms with van der Waals surface area (Å²) in [5, 5.41) is 2.13. The number of carbonyl (C=O) groups is 2. The smallest absolute Gasteiger partial charge is 0.325 e. The Morgan fingerprint density at radius 3 is 2.37 bits per heavy atom. The monoisotopic (exact) mass is 291 g/mol. The molecule has 0 saturated carbocycles. The molecule has 1 aromatic rings. The number of para-hydroxylation sites is 1. The van der Waals surface area contributed by atoms with E-state index in [-0.39, 0.29) is 5.69 Å². The molecule has 0 bridgehead atoms. The number of hydrogen-bond donors (Lipinski definition) is 1. The number of carbonyl (C=O) groups excluding carboxylic acids is 2. The minimum Gasteiger partial charge on any atom is -0.325 e. The average Bonchev–Trinajstić information content (AvgIpc) is 2.27. The second kappa shape index (κ2) is 5.87. The first kappa shape index (κ1) is 15.2. The van der Waals surface area contributed by atoms with Gasteiger partial charge in [-0.1, -0.05) is 12.1 Å². The number of ketones is 1. The van der Waals surface area contributed by atoms with Crippen LogP contribution in [0.3, 0.4) is 0 Å². The molecule has 1 rings (SSSR count). The van der Waals surface area contributed by atoms with Crippen molar-refractivity contribution in [3.63, 3.8) is 0 Å². The summed E-state index contributed by atoms with van der Waals surface area (Å²) in [5.41, 5.74) is -0.269. The molecule has 0 heterocycles. The molecule has 19 heavy (non-hydrogen) atoms. The van der Waals surface area contributed by atoms with Crippen LogP contribution in [0.4, 0.5) is 14.5 Å². The van der Waals surface area contributed by atoms with Crippen LogP contribution < -0.4 is 5.32 Å². The first-order valence-corrected chi connectivity index (χ1v) is 6.70. The number of benzene rings is 1. The molecule has 0 aliphatic carbocycles. The van der Waals surface area contributed by atoms with E-state index in [2.05, 4.69) is 5.32 Å². The van der Waals surface area contributed by atoms with E-state index in [0.717, 1.165) is 6.07 Å². The van der Waals surface area contributed by atoms with E-state index in [1.807, 2.05) is 0 Å². The van der Waals surface area contributed by atoms with E-state index >= 15 is 0 Å². The molecular weight excluding hydrogens is 280 g/mol. The summed E-state index contributed by atoms with van der Waals surface area (Å²) in [6.45, 7) is 1.18. The van der Waals surface area contributed by atoms with Crippen molar-refractivity contribution in [1.29, 1.82) is 0 Å². The molecule has 1 amide bonds. The summed E-state index contributed by atoms with van der Waals surface area (Å²) >= 11 is 0. The molecule has 0 aromatic heterocycles. The Hall–Kier alpha value is -1.83. The number of hydrogen-bond acceptors (Lipinski definition) is 4. The lowest BCUT2D eigenvalue weighted by molar-refractivity contribution is -0.124. The molecule has 0 unspecified atom stereocenters. The van der Waals surface area contributed by atoms with Crippen molar-refractivity contribution in [2.24, 2.45) is 0 Å². The summed E-state index contributed by atoms with van der Waals surface area (Å²) in [4.78, 5) is 21.4. The van der Waals surface area contributed by atoms with Crippen molar-refractivity contribution in [1.82, 2.24) is 0 Å². The second-order valence-electron chi connectivity index (χ2n) is 3.73. The molecule has 0 spiro atoms. The van der Waals surface area contributed by atoms with Crippen molar-refractivity contribution in [2.45, 2.75) is 24.0 Å². The minimum absolute atomic E-state index is 0.269. The topological polar surface area (TPSA) is 80.3 Å². The summed E-state index contributed by atoms with van der Waals surface area (Å²) < 4.78 is 47.7. The maximum atomic E-state index is 12.5. The Labute approximate surface area is 108 Å². The van der Waals surface area contributed by atoms with Crippen LogP contribution in [-0.2, 0) is 19.4 Å². The van der Waals surface area contributed by atoms with Crippen molar-refractivity contribution >= 4 is 27.2 Å². The average molecular weight is 291 g/mol. The highest BCUT2D eigenvalue weighted by atomic mass is 32.2. The number of halogens is 2. The van der Waals surface area contributed by atoms with Gasteiger partial charge in [-0.15, -0.1) is 0 Å². The fourth-order valence-electron chi connectivity index (χ4n) is 1.33. The van der Waals surface area contributed by atoms with Crippen LogP contribution in [0.25, 0.3) is 0 Å². The summed E-state index contributed by atoms with van der Waals surface area (Å²) in [5.74, 6) is -4.77. The molecule has 1 N–H and O–H groups in total. The lowest BCUT2D eigenvalue weighted by Gasteiger charge is -2.10. The highest BCUT2D eigenvalue weighted by Gasteiger charge is 2.29. The zero-order valence-electron chi connectivity index (χ0n) is 9.89. The van der Waals surface area contributed by atoms with E-state index in [4.69, 9.17) is 0 Å². The quantitative estimate of drug-likeness (QED) is 0.836. The summed E-state index contributed by atoms with van der Waals surface area (Å²) in [6.07, 6.45) is -0.455. The zero-order valence-corrected chi connectivity index (χ0v) is 10.7. The van der Waals surface area contributed by atoms with Gasteiger partial charge in [0.1, 0.15) is 5.78 Å². The standard InChI is InChI=1S/C11H11F2NO4S/c1-7(15)6-10(16)14-8-4-2-3-5-9(8)19(17,18)11(12)13/h2-5,11H,6H2,1H3,(H,14,16). The van der Waals surface area contributed by atoms with Crippen LogP contribution >= 0.6 is 0 Å². The Bertz CT molecular complexity index is 598. The third-order valence-electron chi connectivity index (χ3n) is 2.11. The first-order valence-electron chi connectivity index (χ1n) is 5.15. The first-order chi connectivity index (χ1) is 8.75. The fourth-order valence-corrected chi connectivity index (χ4v) is 2.22. The molecule has 5 nitrogen and oxygen atoms in total. The Morgan fingerprint density at radius 1 is 1.26 bits per heavy atom. The zero-order chi connectivity index (χ0) is 14.6. The Balaban J connectivity index is 3.11. The Kier molecular flexibility index (Phi) is 4.71.